The Kier molecular flexibility index (Phi) is 2.83. The van der Waals surface area contributed by atoms with Gasteiger partial charge in [-0.2, -0.15) is 0 Å². The molecular weight excluding hydrogens is 140 g/mol. The van der Waals surface area contributed by atoms with Crippen LogP contribution in [0.1, 0.15) is 20.3 Å². The number of ketones is 1. The summed E-state index contributed by atoms with van der Waals surface area (Å²) in [6, 6.07) is 0. The molecule has 0 aromatic carbocycles. The lowest BCUT2D eigenvalue weighted by Gasteiger charge is -2.00. The van der Waals surface area contributed by atoms with Gasteiger partial charge in [-0.25, -0.2) is 0 Å². The topological polar surface area (TPSA) is 26.3 Å². The van der Waals surface area contributed by atoms with Crippen molar-refractivity contribution in [3.05, 3.63) is 11.6 Å². The van der Waals surface area contributed by atoms with E-state index >= 15 is 0 Å². The molecule has 0 amide bonds. The largest absolute Gasteiger partial charge is 0.381 e. The van der Waals surface area contributed by atoms with E-state index in [-0.39, 0.29) is 11.7 Å². The molecule has 0 aromatic rings. The average molecular weight is 154 g/mol. The number of hydrogen-bond donors (Lipinski definition) is 0. The van der Waals surface area contributed by atoms with Crippen molar-refractivity contribution in [1.29, 1.82) is 0 Å². The summed E-state index contributed by atoms with van der Waals surface area (Å²) in [4.78, 5) is 11.3. The van der Waals surface area contributed by atoms with Gasteiger partial charge in [-0.05, 0) is 26.3 Å². The first-order chi connectivity index (χ1) is 5.20. The molecule has 11 heavy (non-hydrogen) atoms. The van der Waals surface area contributed by atoms with Gasteiger partial charge in [0.15, 0.2) is 5.78 Å². The Morgan fingerprint density at radius 1 is 1.55 bits per heavy atom. The molecule has 0 aromatic heterocycles. The molecule has 1 atom stereocenters. The second-order valence-corrected chi connectivity index (χ2v) is 3.18. The normalized spacial score (nSPS) is 23.3. The van der Waals surface area contributed by atoms with Gasteiger partial charge < -0.3 is 4.74 Å². The molecule has 2 nitrogen and oxygen atoms in total. The maximum Gasteiger partial charge on any atom is 0.161 e. The molecule has 0 bridgehead atoms. The summed E-state index contributed by atoms with van der Waals surface area (Å²) in [5, 5.41) is 0. The minimum absolute atomic E-state index is 0.130. The molecular formula is C9H14O2. The van der Waals surface area contributed by atoms with E-state index in [9.17, 15) is 4.79 Å². The molecule has 2 heteroatoms. The number of ether oxygens (including phenoxy) is 1. The third-order valence-corrected chi connectivity index (χ3v) is 1.76. The number of carbonyl (C=O) groups is 1. The number of rotatable bonds is 2. The van der Waals surface area contributed by atoms with E-state index in [0.717, 1.165) is 18.6 Å². The fourth-order valence-corrected chi connectivity index (χ4v) is 1.16. The van der Waals surface area contributed by atoms with Crippen LogP contribution in [-0.2, 0) is 9.53 Å². The lowest BCUT2D eigenvalue weighted by Crippen LogP contribution is -2.11. The molecule has 62 valence electrons. The van der Waals surface area contributed by atoms with Gasteiger partial charge in [-0.1, -0.05) is 5.57 Å². The first-order valence-electron chi connectivity index (χ1n) is 3.96. The predicted molar refractivity (Wildman–Crippen MR) is 43.4 cm³/mol. The summed E-state index contributed by atoms with van der Waals surface area (Å²) in [5.41, 5.74) is 1.07. The van der Waals surface area contributed by atoms with Gasteiger partial charge >= 0.3 is 0 Å². The lowest BCUT2D eigenvalue weighted by atomic mass is 10.0. The Bertz CT molecular complexity index is 172. The van der Waals surface area contributed by atoms with Crippen LogP contribution in [0.25, 0.3) is 0 Å². The standard InChI is InChI=1S/C9H14O2/c1-7(2)5-9(10)8-3-4-11-6-8/h5,8H,3-4,6H2,1-2H3. The maximum atomic E-state index is 11.3. The van der Waals surface area contributed by atoms with Crippen LogP contribution in [0.4, 0.5) is 0 Å². The van der Waals surface area contributed by atoms with Gasteiger partial charge in [0.25, 0.3) is 0 Å². The van der Waals surface area contributed by atoms with Crippen molar-refractivity contribution in [1.82, 2.24) is 0 Å². The second-order valence-electron chi connectivity index (χ2n) is 3.18. The number of hydrogen-bond acceptors (Lipinski definition) is 2. The van der Waals surface area contributed by atoms with Crippen LogP contribution < -0.4 is 0 Å². The smallest absolute Gasteiger partial charge is 0.161 e. The van der Waals surface area contributed by atoms with Crippen molar-refractivity contribution < 1.29 is 9.53 Å². The zero-order valence-electron chi connectivity index (χ0n) is 7.09. The summed E-state index contributed by atoms with van der Waals surface area (Å²) < 4.78 is 5.11. The van der Waals surface area contributed by atoms with E-state index < -0.39 is 0 Å². The highest BCUT2D eigenvalue weighted by Crippen LogP contribution is 2.14. The van der Waals surface area contributed by atoms with E-state index in [1.54, 1.807) is 6.08 Å². The Hall–Kier alpha value is -0.630. The second kappa shape index (κ2) is 3.67. The highest BCUT2D eigenvalue weighted by atomic mass is 16.5. The number of carbonyl (C=O) groups excluding carboxylic acids is 1. The van der Waals surface area contributed by atoms with E-state index in [4.69, 9.17) is 4.74 Å². The number of allylic oxidation sites excluding steroid dienone is 2. The highest BCUT2D eigenvalue weighted by molar-refractivity contribution is 5.92. The summed E-state index contributed by atoms with van der Waals surface area (Å²) in [5.74, 6) is 0.354. The Morgan fingerprint density at radius 3 is 2.73 bits per heavy atom. The Balaban J connectivity index is 2.47. The first-order valence-corrected chi connectivity index (χ1v) is 3.96. The fourth-order valence-electron chi connectivity index (χ4n) is 1.16. The molecule has 0 radical (unpaired) electrons. The van der Waals surface area contributed by atoms with Crippen molar-refractivity contribution in [2.45, 2.75) is 20.3 Å². The van der Waals surface area contributed by atoms with E-state index in [1.165, 1.54) is 0 Å². The Labute approximate surface area is 67.2 Å². The third kappa shape index (κ3) is 2.46. The van der Waals surface area contributed by atoms with Gasteiger partial charge in [0.05, 0.1) is 6.61 Å². The molecule has 1 unspecified atom stereocenters. The van der Waals surface area contributed by atoms with Gasteiger partial charge in [0.1, 0.15) is 0 Å². The predicted octanol–water partition coefficient (Wildman–Crippen LogP) is 1.56. The van der Waals surface area contributed by atoms with Crippen molar-refractivity contribution >= 4 is 5.78 Å². The minimum atomic E-state index is 0.130. The van der Waals surface area contributed by atoms with Crippen molar-refractivity contribution in [3.8, 4) is 0 Å². The molecule has 0 spiro atoms. The van der Waals surface area contributed by atoms with E-state index in [2.05, 4.69) is 0 Å². The SMILES string of the molecule is CC(C)=CC(=O)C1CCOC1. The molecule has 0 saturated carbocycles. The molecule has 1 saturated heterocycles. The Morgan fingerprint density at radius 2 is 2.27 bits per heavy atom. The summed E-state index contributed by atoms with van der Waals surface area (Å²) in [6.45, 7) is 5.23. The van der Waals surface area contributed by atoms with Crippen molar-refractivity contribution in [2.75, 3.05) is 13.2 Å². The summed E-state index contributed by atoms with van der Waals surface area (Å²) in [7, 11) is 0. The van der Waals surface area contributed by atoms with Crippen LogP contribution in [-0.4, -0.2) is 19.0 Å². The molecule has 1 aliphatic heterocycles. The molecule has 0 aliphatic carbocycles. The van der Waals surface area contributed by atoms with Gasteiger partial charge in [0.2, 0.25) is 0 Å². The summed E-state index contributed by atoms with van der Waals surface area (Å²) >= 11 is 0. The van der Waals surface area contributed by atoms with Crippen LogP contribution in [0.15, 0.2) is 11.6 Å². The molecule has 1 heterocycles. The molecule has 1 aliphatic rings. The van der Waals surface area contributed by atoms with Gasteiger partial charge in [-0.15, -0.1) is 0 Å². The van der Waals surface area contributed by atoms with Gasteiger partial charge in [0, 0.05) is 12.5 Å². The van der Waals surface area contributed by atoms with Crippen molar-refractivity contribution in [2.24, 2.45) is 5.92 Å². The average Bonchev–Trinajstić information content (AvgIpc) is 2.35. The fraction of sp³-hybridized carbons (Fsp3) is 0.667. The maximum absolute atomic E-state index is 11.3. The van der Waals surface area contributed by atoms with Crippen LogP contribution in [0.3, 0.4) is 0 Å². The summed E-state index contributed by atoms with van der Waals surface area (Å²) in [6.07, 6.45) is 2.60. The molecule has 0 N–H and O–H groups in total. The zero-order chi connectivity index (χ0) is 8.27. The van der Waals surface area contributed by atoms with E-state index in [1.807, 2.05) is 13.8 Å². The van der Waals surface area contributed by atoms with Gasteiger partial charge in [-0.3, -0.25) is 4.79 Å². The van der Waals surface area contributed by atoms with Crippen LogP contribution in [0, 0.1) is 5.92 Å². The quantitative estimate of drug-likeness (QED) is 0.564. The van der Waals surface area contributed by atoms with Crippen molar-refractivity contribution in [3.63, 3.8) is 0 Å². The van der Waals surface area contributed by atoms with Crippen LogP contribution in [0.2, 0.25) is 0 Å². The highest BCUT2D eigenvalue weighted by Gasteiger charge is 2.21. The first kappa shape index (κ1) is 8.47. The minimum Gasteiger partial charge on any atom is -0.381 e. The van der Waals surface area contributed by atoms with E-state index in [0.29, 0.717) is 6.61 Å². The molecule has 1 fully saturated rings. The van der Waals surface area contributed by atoms with Crippen LogP contribution in [0.5, 0.6) is 0 Å². The zero-order valence-corrected chi connectivity index (χ0v) is 7.09. The van der Waals surface area contributed by atoms with Crippen LogP contribution >= 0.6 is 0 Å². The molecule has 1 rings (SSSR count). The third-order valence-electron chi connectivity index (χ3n) is 1.76. The monoisotopic (exact) mass is 154 g/mol. The lowest BCUT2D eigenvalue weighted by molar-refractivity contribution is -0.118.